The highest BCUT2D eigenvalue weighted by Crippen LogP contribution is 2.49. The summed E-state index contributed by atoms with van der Waals surface area (Å²) in [7, 11) is 0. The maximum atomic E-state index is 12.0. The SMILES string of the molecule is Cc1cc(N(c2ccccc2)c2ccccc2)cc(C)c1-c1ccc(N2CN(CN3CN(c4ccc(-c5c(C)cc(N(c6ccccc6)c6ccccc6)cc5C)cc4O)c4ccccc43)c3ccccc32)c(O)c1. The highest BCUT2D eigenvalue weighted by Gasteiger charge is 2.34. The van der Waals surface area contributed by atoms with Gasteiger partial charge in [-0.2, -0.15) is 0 Å². The van der Waals surface area contributed by atoms with Gasteiger partial charge in [0.25, 0.3) is 0 Å². The number of phenols is 2. The fourth-order valence-corrected chi connectivity index (χ4v) is 11.5. The van der Waals surface area contributed by atoms with Gasteiger partial charge in [0.05, 0.1) is 54.1 Å². The number of aromatic hydroxyl groups is 2. The predicted octanol–water partition coefficient (Wildman–Crippen LogP) is 17.1. The number of nitrogens with zero attached hydrogens (tertiary/aromatic N) is 6. The van der Waals surface area contributed by atoms with Crippen LogP contribution in [0.15, 0.2) is 231 Å². The van der Waals surface area contributed by atoms with Crippen LogP contribution < -0.4 is 29.4 Å². The average Bonchev–Trinajstić information content (AvgIpc) is 4.01. The highest BCUT2D eigenvalue weighted by atomic mass is 16.3. The Hall–Kier alpha value is -9.40. The summed E-state index contributed by atoms with van der Waals surface area (Å²) < 4.78 is 0. The Balaban J connectivity index is 0.792. The zero-order valence-electron chi connectivity index (χ0n) is 42.6. The van der Waals surface area contributed by atoms with Crippen molar-refractivity contribution in [3.8, 4) is 33.8 Å². The summed E-state index contributed by atoms with van der Waals surface area (Å²) in [5, 5.41) is 24.0. The van der Waals surface area contributed by atoms with E-state index < -0.39 is 0 Å². The van der Waals surface area contributed by atoms with Gasteiger partial charge in [0, 0.05) is 34.1 Å². The van der Waals surface area contributed by atoms with Crippen LogP contribution in [0, 0.1) is 27.7 Å². The first kappa shape index (κ1) is 46.7. The molecule has 0 spiro atoms. The minimum Gasteiger partial charge on any atom is -0.506 e. The summed E-state index contributed by atoms with van der Waals surface area (Å²) in [6.45, 7) is 10.3. The van der Waals surface area contributed by atoms with Crippen molar-refractivity contribution >= 4 is 68.2 Å². The molecule has 2 heterocycles. The summed E-state index contributed by atoms with van der Waals surface area (Å²) in [6.07, 6.45) is 0. The van der Waals surface area contributed by atoms with Crippen molar-refractivity contribution in [3.05, 3.63) is 253 Å². The van der Waals surface area contributed by atoms with E-state index in [-0.39, 0.29) is 11.5 Å². The standard InChI is InChI=1S/C67H58N6O2/c1-46-37-56(72(52-21-9-5-10-22-52)53-23-11-6-12-24-53)38-47(2)66(46)50-33-35-62(64(74)41-50)70-44-68(58-29-17-19-31-60(58)70)43-69-45-71(61-32-20-18-30-59(61)69)63-36-34-51(42-65(63)75)67-48(3)39-57(40-49(67)4)73(54-25-13-7-14-26-54)55-27-15-8-16-28-55/h5-42,74-75H,43-45H2,1-4H3. The molecule has 2 aliphatic heterocycles. The van der Waals surface area contributed by atoms with Crippen LogP contribution in [0.1, 0.15) is 22.3 Å². The van der Waals surface area contributed by atoms with Crippen LogP contribution in [-0.2, 0) is 0 Å². The Kier molecular flexibility index (Phi) is 12.2. The average molecular weight is 979 g/mol. The van der Waals surface area contributed by atoms with Crippen LogP contribution in [-0.4, -0.2) is 30.2 Å². The summed E-state index contributed by atoms with van der Waals surface area (Å²) in [5.74, 6) is 0.447. The second-order valence-electron chi connectivity index (χ2n) is 19.7. The molecule has 10 aromatic rings. The number of hydrogen-bond acceptors (Lipinski definition) is 8. The molecule has 0 aromatic heterocycles. The van der Waals surface area contributed by atoms with Crippen LogP contribution in [0.2, 0.25) is 0 Å². The molecule has 2 N–H and O–H groups in total. The predicted molar refractivity (Wildman–Crippen MR) is 312 cm³/mol. The molecule has 2 aliphatic rings. The van der Waals surface area contributed by atoms with Gasteiger partial charge in [0.2, 0.25) is 0 Å². The zero-order chi connectivity index (χ0) is 51.2. The molecule has 0 atom stereocenters. The normalized spacial score (nSPS) is 12.7. The molecule has 10 aromatic carbocycles. The number of rotatable bonds is 12. The van der Waals surface area contributed by atoms with E-state index in [1.54, 1.807) is 0 Å². The number of anilines is 12. The lowest BCUT2D eigenvalue weighted by Crippen LogP contribution is -2.40. The van der Waals surface area contributed by atoms with Crippen molar-refractivity contribution in [2.24, 2.45) is 0 Å². The third-order valence-corrected chi connectivity index (χ3v) is 14.7. The molecule has 0 radical (unpaired) electrons. The largest absolute Gasteiger partial charge is 0.506 e. The minimum absolute atomic E-state index is 0.224. The number of benzene rings is 10. The molecule has 0 saturated heterocycles. The van der Waals surface area contributed by atoms with Crippen LogP contribution in [0.3, 0.4) is 0 Å². The maximum Gasteiger partial charge on any atom is 0.139 e. The second kappa shape index (κ2) is 19.6. The third-order valence-electron chi connectivity index (χ3n) is 14.7. The van der Waals surface area contributed by atoms with E-state index in [1.165, 1.54) is 0 Å². The van der Waals surface area contributed by atoms with Crippen LogP contribution in [0.25, 0.3) is 22.3 Å². The van der Waals surface area contributed by atoms with Gasteiger partial charge in [-0.25, -0.2) is 0 Å². The number of aryl methyl sites for hydroxylation is 4. The molecule has 0 bridgehead atoms. The number of fused-ring (bicyclic) bond motifs is 2. The summed E-state index contributed by atoms with van der Waals surface area (Å²) in [5.41, 5.74) is 20.9. The first-order valence-corrected chi connectivity index (χ1v) is 25.6. The molecule has 75 heavy (non-hydrogen) atoms. The van der Waals surface area contributed by atoms with Crippen molar-refractivity contribution in [1.29, 1.82) is 0 Å². The minimum atomic E-state index is 0.224. The molecule has 0 amide bonds. The van der Waals surface area contributed by atoms with Crippen molar-refractivity contribution < 1.29 is 10.2 Å². The van der Waals surface area contributed by atoms with E-state index in [0.717, 1.165) is 113 Å². The van der Waals surface area contributed by atoms with Crippen molar-refractivity contribution in [2.75, 3.05) is 49.4 Å². The van der Waals surface area contributed by atoms with Gasteiger partial charge in [-0.05, 0) is 194 Å². The summed E-state index contributed by atoms with van der Waals surface area (Å²) >= 11 is 0. The molecule has 0 fully saturated rings. The molecule has 8 nitrogen and oxygen atoms in total. The Morgan fingerprint density at radius 1 is 0.320 bits per heavy atom. The Labute approximate surface area is 440 Å². The first-order chi connectivity index (χ1) is 36.7. The fraction of sp³-hybridized carbons (Fsp3) is 0.104. The molecule has 0 saturated carbocycles. The second-order valence-corrected chi connectivity index (χ2v) is 19.7. The lowest BCUT2D eigenvalue weighted by Gasteiger charge is -2.29. The van der Waals surface area contributed by atoms with Gasteiger partial charge < -0.3 is 39.6 Å². The van der Waals surface area contributed by atoms with Gasteiger partial charge in [-0.1, -0.05) is 109 Å². The summed E-state index contributed by atoms with van der Waals surface area (Å²) in [6, 6.07) is 79.9. The molecule has 0 unspecified atom stereocenters. The van der Waals surface area contributed by atoms with E-state index >= 15 is 0 Å². The molecule has 12 rings (SSSR count). The van der Waals surface area contributed by atoms with Crippen LogP contribution in [0.5, 0.6) is 11.5 Å². The lowest BCUT2D eigenvalue weighted by atomic mass is 9.94. The lowest BCUT2D eigenvalue weighted by molar-refractivity contribution is 0.475. The van der Waals surface area contributed by atoms with Gasteiger partial charge in [0.15, 0.2) is 0 Å². The van der Waals surface area contributed by atoms with Crippen LogP contribution >= 0.6 is 0 Å². The number of hydrogen-bond donors (Lipinski definition) is 2. The monoisotopic (exact) mass is 978 g/mol. The van der Waals surface area contributed by atoms with Crippen molar-refractivity contribution in [3.63, 3.8) is 0 Å². The van der Waals surface area contributed by atoms with E-state index in [9.17, 15) is 10.2 Å². The smallest absolute Gasteiger partial charge is 0.139 e. The van der Waals surface area contributed by atoms with E-state index in [4.69, 9.17) is 0 Å². The fourth-order valence-electron chi connectivity index (χ4n) is 11.5. The topological polar surface area (TPSA) is 59.9 Å². The number of para-hydroxylation sites is 8. The molecule has 0 aliphatic carbocycles. The Morgan fingerprint density at radius 3 is 0.920 bits per heavy atom. The van der Waals surface area contributed by atoms with Crippen molar-refractivity contribution in [2.45, 2.75) is 27.7 Å². The van der Waals surface area contributed by atoms with E-state index in [2.05, 4.69) is 251 Å². The van der Waals surface area contributed by atoms with Gasteiger partial charge in [-0.15, -0.1) is 0 Å². The highest BCUT2D eigenvalue weighted by molar-refractivity contribution is 5.90. The number of phenolic OH excluding ortho intramolecular Hbond substituents is 2. The molecule has 8 heteroatoms. The van der Waals surface area contributed by atoms with Gasteiger partial charge in [0.1, 0.15) is 11.5 Å². The van der Waals surface area contributed by atoms with Crippen LogP contribution in [0.4, 0.5) is 68.2 Å². The molecular formula is C67H58N6O2. The van der Waals surface area contributed by atoms with Gasteiger partial charge in [-0.3, -0.25) is 0 Å². The molecular weight excluding hydrogens is 921 g/mol. The Bertz CT molecular complexity index is 3330. The zero-order valence-corrected chi connectivity index (χ0v) is 42.6. The first-order valence-electron chi connectivity index (χ1n) is 25.6. The maximum absolute atomic E-state index is 12.0. The van der Waals surface area contributed by atoms with E-state index in [1.807, 2.05) is 36.4 Å². The Morgan fingerprint density at radius 2 is 0.613 bits per heavy atom. The quantitative estimate of drug-likeness (QED) is 0.126. The summed E-state index contributed by atoms with van der Waals surface area (Å²) in [4.78, 5) is 13.7. The van der Waals surface area contributed by atoms with E-state index in [0.29, 0.717) is 20.0 Å². The third kappa shape index (κ3) is 8.70. The molecule has 368 valence electrons. The van der Waals surface area contributed by atoms with Gasteiger partial charge >= 0.3 is 0 Å². The van der Waals surface area contributed by atoms with Crippen molar-refractivity contribution in [1.82, 2.24) is 0 Å².